The predicted octanol–water partition coefficient (Wildman–Crippen LogP) is 2.56. The lowest BCUT2D eigenvalue weighted by Crippen LogP contribution is -2.33. The van der Waals surface area contributed by atoms with Gasteiger partial charge in [0.1, 0.15) is 6.23 Å². The fraction of sp³-hybridized carbons (Fsp3) is 0.667. The minimum absolute atomic E-state index is 0.334. The van der Waals surface area contributed by atoms with E-state index in [-0.39, 0.29) is 6.23 Å². The van der Waals surface area contributed by atoms with E-state index in [1.807, 2.05) is 11.8 Å². The van der Waals surface area contributed by atoms with Gasteiger partial charge in [0.2, 0.25) is 0 Å². The van der Waals surface area contributed by atoms with E-state index in [0.717, 1.165) is 25.9 Å². The first-order valence-electron chi connectivity index (χ1n) is 5.46. The molecule has 82 valence electrons. The van der Waals surface area contributed by atoms with E-state index in [9.17, 15) is 5.11 Å². The molecule has 0 heterocycles. The number of hydrogen-bond acceptors (Lipinski definition) is 2. The zero-order valence-electron chi connectivity index (χ0n) is 9.61. The van der Waals surface area contributed by atoms with Crippen LogP contribution in [0.3, 0.4) is 0 Å². The van der Waals surface area contributed by atoms with Gasteiger partial charge in [0.15, 0.2) is 0 Å². The molecule has 0 rings (SSSR count). The maximum absolute atomic E-state index is 9.34. The Morgan fingerprint density at radius 2 is 1.86 bits per heavy atom. The third kappa shape index (κ3) is 6.87. The fourth-order valence-corrected chi connectivity index (χ4v) is 1.24. The van der Waals surface area contributed by atoms with Gasteiger partial charge in [-0.2, -0.15) is 0 Å². The van der Waals surface area contributed by atoms with Gasteiger partial charge < -0.3 is 5.11 Å². The minimum Gasteiger partial charge on any atom is -0.379 e. The van der Waals surface area contributed by atoms with Crippen LogP contribution in [0.15, 0.2) is 24.3 Å². The quantitative estimate of drug-likeness (QED) is 0.501. The van der Waals surface area contributed by atoms with Crippen LogP contribution in [0.2, 0.25) is 0 Å². The largest absolute Gasteiger partial charge is 0.379 e. The van der Waals surface area contributed by atoms with E-state index in [4.69, 9.17) is 0 Å². The van der Waals surface area contributed by atoms with Gasteiger partial charge in [0, 0.05) is 6.54 Å². The number of hydrogen-bond donors (Lipinski definition) is 1. The summed E-state index contributed by atoms with van der Waals surface area (Å²) in [6.07, 6.45) is 10.1. The molecule has 0 aromatic carbocycles. The molecule has 0 bridgehead atoms. The van der Waals surface area contributed by atoms with Crippen molar-refractivity contribution in [1.82, 2.24) is 4.90 Å². The molecule has 0 aromatic rings. The van der Waals surface area contributed by atoms with Crippen molar-refractivity contribution in [3.63, 3.8) is 0 Å². The average Bonchev–Trinajstić information content (AvgIpc) is 2.16. The predicted molar refractivity (Wildman–Crippen MR) is 62.1 cm³/mol. The Bertz CT molecular complexity index is 173. The van der Waals surface area contributed by atoms with Crippen LogP contribution in [0.1, 0.15) is 33.6 Å². The highest BCUT2D eigenvalue weighted by Crippen LogP contribution is 1.97. The van der Waals surface area contributed by atoms with Crippen molar-refractivity contribution in [1.29, 1.82) is 0 Å². The van der Waals surface area contributed by atoms with Crippen molar-refractivity contribution in [3.05, 3.63) is 24.3 Å². The Morgan fingerprint density at radius 1 is 1.21 bits per heavy atom. The van der Waals surface area contributed by atoms with Crippen LogP contribution in [0.5, 0.6) is 0 Å². The van der Waals surface area contributed by atoms with Gasteiger partial charge in [0.25, 0.3) is 0 Å². The lowest BCUT2D eigenvalue weighted by Gasteiger charge is -2.22. The summed E-state index contributed by atoms with van der Waals surface area (Å²) in [6.45, 7) is 7.81. The summed E-state index contributed by atoms with van der Waals surface area (Å²) in [5.74, 6) is 0. The van der Waals surface area contributed by atoms with Crippen LogP contribution >= 0.6 is 0 Å². The van der Waals surface area contributed by atoms with Crippen molar-refractivity contribution in [2.24, 2.45) is 0 Å². The molecule has 0 aliphatic rings. The lowest BCUT2D eigenvalue weighted by molar-refractivity contribution is 0.0238. The molecule has 0 saturated heterocycles. The zero-order valence-corrected chi connectivity index (χ0v) is 9.61. The minimum atomic E-state index is -0.334. The molecular weight excluding hydrogens is 174 g/mol. The number of allylic oxidation sites excluding steroid dienone is 3. The number of nitrogens with zero attached hydrogens (tertiary/aromatic N) is 1. The number of aliphatic hydroxyl groups excluding tert-OH is 1. The summed E-state index contributed by atoms with van der Waals surface area (Å²) in [6, 6.07) is 0. The maximum atomic E-state index is 9.34. The Balaban J connectivity index is 3.60. The third-order valence-electron chi connectivity index (χ3n) is 2.14. The summed E-state index contributed by atoms with van der Waals surface area (Å²) in [5.41, 5.74) is 0. The van der Waals surface area contributed by atoms with Crippen LogP contribution in [-0.4, -0.2) is 29.3 Å². The first kappa shape index (κ1) is 13.4. The molecule has 0 fully saturated rings. The van der Waals surface area contributed by atoms with Gasteiger partial charge >= 0.3 is 0 Å². The monoisotopic (exact) mass is 197 g/mol. The van der Waals surface area contributed by atoms with Gasteiger partial charge in [-0.15, -0.1) is 0 Å². The van der Waals surface area contributed by atoms with Crippen LogP contribution in [0.25, 0.3) is 0 Å². The van der Waals surface area contributed by atoms with Crippen molar-refractivity contribution in [2.75, 3.05) is 13.1 Å². The summed E-state index contributed by atoms with van der Waals surface area (Å²) < 4.78 is 0. The van der Waals surface area contributed by atoms with Crippen LogP contribution in [0, 0.1) is 0 Å². The number of rotatable bonds is 7. The molecule has 1 unspecified atom stereocenters. The zero-order chi connectivity index (χ0) is 10.8. The van der Waals surface area contributed by atoms with Gasteiger partial charge in [-0.25, -0.2) is 0 Å². The van der Waals surface area contributed by atoms with E-state index in [2.05, 4.69) is 38.2 Å². The molecule has 0 radical (unpaired) electrons. The molecule has 0 amide bonds. The van der Waals surface area contributed by atoms with E-state index in [1.54, 1.807) is 0 Å². The molecule has 1 atom stereocenters. The van der Waals surface area contributed by atoms with Crippen molar-refractivity contribution in [3.8, 4) is 0 Å². The molecule has 0 aliphatic heterocycles. The average molecular weight is 197 g/mol. The van der Waals surface area contributed by atoms with Crippen LogP contribution in [0.4, 0.5) is 0 Å². The standard InChI is InChI=1S/C12H23NO/c1-4-6-7-8-9-10-11-13(5-2)12(3)14/h6-9,12,14H,4-5,10-11H2,1-3H3. The lowest BCUT2D eigenvalue weighted by atomic mass is 10.3. The van der Waals surface area contributed by atoms with Crippen LogP contribution < -0.4 is 0 Å². The normalized spacial score (nSPS) is 14.6. The topological polar surface area (TPSA) is 23.5 Å². The molecule has 14 heavy (non-hydrogen) atoms. The molecule has 0 spiro atoms. The van der Waals surface area contributed by atoms with E-state index in [1.165, 1.54) is 0 Å². The van der Waals surface area contributed by atoms with Crippen molar-refractivity contribution in [2.45, 2.75) is 39.8 Å². The summed E-state index contributed by atoms with van der Waals surface area (Å²) in [5, 5.41) is 9.34. The number of aliphatic hydroxyl groups is 1. The summed E-state index contributed by atoms with van der Waals surface area (Å²) in [7, 11) is 0. The second-order valence-electron chi connectivity index (χ2n) is 3.31. The smallest absolute Gasteiger partial charge is 0.104 e. The third-order valence-corrected chi connectivity index (χ3v) is 2.14. The maximum Gasteiger partial charge on any atom is 0.104 e. The van der Waals surface area contributed by atoms with Gasteiger partial charge in [-0.3, -0.25) is 4.90 Å². The molecule has 0 aliphatic carbocycles. The van der Waals surface area contributed by atoms with E-state index in [0.29, 0.717) is 0 Å². The Hall–Kier alpha value is -0.600. The Morgan fingerprint density at radius 3 is 2.36 bits per heavy atom. The van der Waals surface area contributed by atoms with E-state index >= 15 is 0 Å². The van der Waals surface area contributed by atoms with Crippen LogP contribution in [-0.2, 0) is 0 Å². The molecule has 2 heteroatoms. The van der Waals surface area contributed by atoms with Crippen molar-refractivity contribution < 1.29 is 5.11 Å². The second kappa shape index (κ2) is 8.97. The highest BCUT2D eigenvalue weighted by molar-refractivity contribution is 5.02. The first-order chi connectivity index (χ1) is 6.72. The second-order valence-corrected chi connectivity index (χ2v) is 3.31. The first-order valence-corrected chi connectivity index (χ1v) is 5.46. The highest BCUT2D eigenvalue weighted by atomic mass is 16.3. The Kier molecular flexibility index (Phi) is 8.59. The summed E-state index contributed by atoms with van der Waals surface area (Å²) in [4.78, 5) is 2.04. The highest BCUT2D eigenvalue weighted by Gasteiger charge is 2.05. The van der Waals surface area contributed by atoms with Gasteiger partial charge in [-0.05, 0) is 26.3 Å². The molecule has 0 saturated carbocycles. The van der Waals surface area contributed by atoms with Crippen molar-refractivity contribution >= 4 is 0 Å². The van der Waals surface area contributed by atoms with E-state index < -0.39 is 0 Å². The molecule has 1 N–H and O–H groups in total. The Labute approximate surface area is 87.9 Å². The van der Waals surface area contributed by atoms with Gasteiger partial charge in [0.05, 0.1) is 0 Å². The fourth-order valence-electron chi connectivity index (χ4n) is 1.24. The molecule has 2 nitrogen and oxygen atoms in total. The SMILES string of the molecule is CCC=CC=CCCN(CC)C(C)O. The molecular formula is C12H23NO. The molecule has 0 aromatic heterocycles. The summed E-state index contributed by atoms with van der Waals surface area (Å²) >= 11 is 0. The van der Waals surface area contributed by atoms with Gasteiger partial charge in [-0.1, -0.05) is 38.2 Å².